The van der Waals surface area contributed by atoms with Gasteiger partial charge in [0.05, 0.1) is 24.8 Å². The predicted molar refractivity (Wildman–Crippen MR) is 92.3 cm³/mol. The van der Waals surface area contributed by atoms with Crippen LogP contribution >= 0.6 is 0 Å². The fraction of sp³-hybridized carbons (Fsp3) is 0.611. The molecule has 0 bridgehead atoms. The number of furan rings is 1. The van der Waals surface area contributed by atoms with Crippen molar-refractivity contribution in [3.8, 4) is 0 Å². The number of piperazine rings is 1. The molecule has 2 aliphatic rings. The Kier molecular flexibility index (Phi) is 5.61. The van der Waals surface area contributed by atoms with E-state index in [0.717, 1.165) is 0 Å². The first-order valence-corrected chi connectivity index (χ1v) is 8.91. The van der Waals surface area contributed by atoms with Gasteiger partial charge in [0.2, 0.25) is 11.8 Å². The first-order chi connectivity index (χ1) is 12.5. The molecule has 2 aliphatic heterocycles. The van der Waals surface area contributed by atoms with Gasteiger partial charge in [0.15, 0.2) is 5.76 Å². The number of likely N-dealkylation sites (tertiary alicyclic amines) is 1. The van der Waals surface area contributed by atoms with Crippen LogP contribution in [0.15, 0.2) is 22.8 Å². The zero-order valence-corrected chi connectivity index (χ0v) is 15.2. The smallest absolute Gasteiger partial charge is 0.289 e. The molecular formula is C18H25N3O5. The molecule has 1 aromatic rings. The van der Waals surface area contributed by atoms with Crippen molar-refractivity contribution in [3.05, 3.63) is 24.2 Å². The summed E-state index contributed by atoms with van der Waals surface area (Å²) in [5, 5.41) is 0. The first-order valence-electron chi connectivity index (χ1n) is 8.91. The fourth-order valence-electron chi connectivity index (χ4n) is 3.60. The van der Waals surface area contributed by atoms with E-state index in [2.05, 4.69) is 0 Å². The Bertz CT molecular complexity index is 652. The number of hydrogen-bond acceptors (Lipinski definition) is 5. The number of hydrogen-bond donors (Lipinski definition) is 0. The molecule has 8 heteroatoms. The summed E-state index contributed by atoms with van der Waals surface area (Å²) >= 11 is 0. The van der Waals surface area contributed by atoms with Crippen molar-refractivity contribution in [1.82, 2.24) is 14.7 Å². The molecule has 3 rings (SSSR count). The van der Waals surface area contributed by atoms with Crippen LogP contribution < -0.4 is 0 Å². The zero-order valence-electron chi connectivity index (χ0n) is 15.2. The third kappa shape index (κ3) is 3.75. The molecule has 2 saturated heterocycles. The van der Waals surface area contributed by atoms with Crippen LogP contribution in [0.3, 0.4) is 0 Å². The van der Waals surface area contributed by atoms with Crippen molar-refractivity contribution in [2.45, 2.75) is 19.4 Å². The van der Waals surface area contributed by atoms with Crippen molar-refractivity contribution >= 4 is 17.7 Å². The van der Waals surface area contributed by atoms with Crippen LogP contribution in [0.5, 0.6) is 0 Å². The Morgan fingerprint density at radius 2 is 1.96 bits per heavy atom. The third-order valence-electron chi connectivity index (χ3n) is 5.06. The Labute approximate surface area is 152 Å². The summed E-state index contributed by atoms with van der Waals surface area (Å²) in [7, 11) is 1.60. The lowest BCUT2D eigenvalue weighted by Crippen LogP contribution is -2.52. The van der Waals surface area contributed by atoms with Crippen molar-refractivity contribution in [2.75, 3.05) is 46.4 Å². The number of ether oxygens (including phenoxy) is 1. The third-order valence-corrected chi connectivity index (χ3v) is 5.06. The molecule has 2 fully saturated rings. The molecule has 0 N–H and O–H groups in total. The molecule has 2 atom stereocenters. The maximum absolute atomic E-state index is 12.8. The summed E-state index contributed by atoms with van der Waals surface area (Å²) < 4.78 is 10.3. The van der Waals surface area contributed by atoms with E-state index in [1.807, 2.05) is 6.92 Å². The largest absolute Gasteiger partial charge is 0.459 e. The molecule has 0 radical (unpaired) electrons. The predicted octanol–water partition coefficient (Wildman–Crippen LogP) is 0.447. The first kappa shape index (κ1) is 18.4. The minimum absolute atomic E-state index is 0.000432. The van der Waals surface area contributed by atoms with Crippen molar-refractivity contribution < 1.29 is 23.5 Å². The second kappa shape index (κ2) is 7.90. The van der Waals surface area contributed by atoms with Gasteiger partial charge < -0.3 is 23.9 Å². The van der Waals surface area contributed by atoms with Gasteiger partial charge in [-0.15, -0.1) is 0 Å². The van der Waals surface area contributed by atoms with Gasteiger partial charge >= 0.3 is 0 Å². The minimum atomic E-state index is -0.311. The lowest BCUT2D eigenvalue weighted by molar-refractivity contribution is -0.137. The van der Waals surface area contributed by atoms with E-state index in [1.165, 1.54) is 6.26 Å². The number of rotatable bonds is 5. The molecule has 8 nitrogen and oxygen atoms in total. The number of carbonyl (C=O) groups is 3. The van der Waals surface area contributed by atoms with Gasteiger partial charge in [0.25, 0.3) is 5.91 Å². The molecule has 3 amide bonds. The van der Waals surface area contributed by atoms with E-state index in [9.17, 15) is 14.4 Å². The van der Waals surface area contributed by atoms with Crippen molar-refractivity contribution in [2.24, 2.45) is 5.92 Å². The van der Waals surface area contributed by atoms with Crippen LogP contribution in [0, 0.1) is 5.92 Å². The summed E-state index contributed by atoms with van der Waals surface area (Å²) in [5.41, 5.74) is 0. The average Bonchev–Trinajstić information content (AvgIpc) is 3.30. The second-order valence-electron chi connectivity index (χ2n) is 6.85. The van der Waals surface area contributed by atoms with Crippen LogP contribution in [0.25, 0.3) is 0 Å². The van der Waals surface area contributed by atoms with E-state index in [0.29, 0.717) is 45.1 Å². The van der Waals surface area contributed by atoms with Gasteiger partial charge in [-0.3, -0.25) is 14.4 Å². The molecule has 142 valence electrons. The number of carbonyl (C=O) groups excluding carboxylic acids is 3. The quantitative estimate of drug-likeness (QED) is 0.758. The zero-order chi connectivity index (χ0) is 18.7. The van der Waals surface area contributed by atoms with Gasteiger partial charge in [0, 0.05) is 46.3 Å². The maximum Gasteiger partial charge on any atom is 0.289 e. The van der Waals surface area contributed by atoms with Gasteiger partial charge in [0.1, 0.15) is 0 Å². The van der Waals surface area contributed by atoms with E-state index in [4.69, 9.17) is 9.15 Å². The molecule has 0 spiro atoms. The molecule has 0 aliphatic carbocycles. The highest BCUT2D eigenvalue weighted by atomic mass is 16.5. The number of methoxy groups -OCH3 is 1. The van der Waals surface area contributed by atoms with Gasteiger partial charge in [-0.05, 0) is 19.1 Å². The van der Waals surface area contributed by atoms with E-state index in [1.54, 1.807) is 33.9 Å². The molecule has 3 heterocycles. The Morgan fingerprint density at radius 3 is 2.58 bits per heavy atom. The highest BCUT2D eigenvalue weighted by Crippen LogP contribution is 2.23. The molecule has 26 heavy (non-hydrogen) atoms. The monoisotopic (exact) mass is 363 g/mol. The number of amides is 3. The van der Waals surface area contributed by atoms with Crippen LogP contribution in [-0.4, -0.2) is 84.9 Å². The lowest BCUT2D eigenvalue weighted by Gasteiger charge is -2.35. The highest BCUT2D eigenvalue weighted by Gasteiger charge is 2.39. The summed E-state index contributed by atoms with van der Waals surface area (Å²) in [5.74, 6) is -0.157. The summed E-state index contributed by atoms with van der Waals surface area (Å²) in [6, 6.07) is 3.29. The minimum Gasteiger partial charge on any atom is -0.459 e. The SMILES string of the molecule is COC[C@@H](C)N1C[C@H](C(=O)N2CCN(C(=O)c3ccco3)CC2)CC1=O. The summed E-state index contributed by atoms with van der Waals surface area (Å²) in [4.78, 5) is 42.4. The lowest BCUT2D eigenvalue weighted by atomic mass is 10.1. The Morgan fingerprint density at radius 1 is 1.27 bits per heavy atom. The second-order valence-corrected chi connectivity index (χ2v) is 6.85. The molecule has 1 aromatic heterocycles. The average molecular weight is 363 g/mol. The van der Waals surface area contributed by atoms with Crippen LogP contribution in [0.4, 0.5) is 0 Å². The molecular weight excluding hydrogens is 338 g/mol. The fourth-order valence-corrected chi connectivity index (χ4v) is 3.60. The van der Waals surface area contributed by atoms with E-state index >= 15 is 0 Å². The van der Waals surface area contributed by atoms with Crippen LogP contribution in [0.1, 0.15) is 23.9 Å². The summed E-state index contributed by atoms with van der Waals surface area (Å²) in [6.07, 6.45) is 1.72. The normalized spacial score (nSPS) is 22.0. The topological polar surface area (TPSA) is 83.3 Å². The molecule has 0 unspecified atom stereocenters. The van der Waals surface area contributed by atoms with E-state index < -0.39 is 0 Å². The maximum atomic E-state index is 12.8. The van der Waals surface area contributed by atoms with Gasteiger partial charge in [-0.2, -0.15) is 0 Å². The van der Waals surface area contributed by atoms with Crippen LogP contribution in [-0.2, 0) is 14.3 Å². The molecule has 0 saturated carbocycles. The summed E-state index contributed by atoms with van der Waals surface area (Å²) in [6.45, 7) is 4.71. The number of nitrogens with zero attached hydrogens (tertiary/aromatic N) is 3. The van der Waals surface area contributed by atoms with Gasteiger partial charge in [-0.1, -0.05) is 0 Å². The molecule has 0 aromatic carbocycles. The Balaban J connectivity index is 1.52. The standard InChI is InChI=1S/C18H25N3O5/c1-13(12-25-2)21-11-14(10-16(21)22)17(23)19-5-7-20(8-6-19)18(24)15-4-3-9-26-15/h3-4,9,13-14H,5-8,10-12H2,1-2H3/t13-,14-/m1/s1. The van der Waals surface area contributed by atoms with E-state index in [-0.39, 0.29) is 36.1 Å². The Hall–Kier alpha value is -2.35. The highest BCUT2D eigenvalue weighted by molar-refractivity contribution is 5.92. The van der Waals surface area contributed by atoms with Crippen molar-refractivity contribution in [3.63, 3.8) is 0 Å². The van der Waals surface area contributed by atoms with Crippen LogP contribution in [0.2, 0.25) is 0 Å². The van der Waals surface area contributed by atoms with Crippen molar-refractivity contribution in [1.29, 1.82) is 0 Å². The van der Waals surface area contributed by atoms with Gasteiger partial charge in [-0.25, -0.2) is 0 Å².